The van der Waals surface area contributed by atoms with Crippen LogP contribution in [0.4, 0.5) is 0 Å². The Hall–Kier alpha value is -2.43. The maximum absolute atomic E-state index is 5.85. The molecule has 3 heterocycles. The quantitative estimate of drug-likeness (QED) is 0.789. The Morgan fingerprint density at radius 1 is 1.30 bits per heavy atom. The second-order valence-corrected chi connectivity index (χ2v) is 4.70. The number of rotatable bonds is 4. The Bertz CT molecular complexity index is 703. The first-order valence-corrected chi connectivity index (χ1v) is 6.69. The maximum Gasteiger partial charge on any atom is 0.221 e. The third-order valence-electron chi connectivity index (χ3n) is 3.18. The molecule has 0 spiro atoms. The summed E-state index contributed by atoms with van der Waals surface area (Å²) in [5.41, 5.74) is 4.06. The van der Waals surface area contributed by atoms with Crippen LogP contribution < -0.4 is 9.72 Å². The molecule has 3 aromatic heterocycles. The van der Waals surface area contributed by atoms with Gasteiger partial charge in [-0.1, -0.05) is 6.92 Å². The molecule has 0 aliphatic carbocycles. The Labute approximate surface area is 117 Å². The van der Waals surface area contributed by atoms with Gasteiger partial charge in [0.1, 0.15) is 12.4 Å². The van der Waals surface area contributed by atoms with Crippen molar-refractivity contribution in [2.75, 3.05) is 0 Å². The van der Waals surface area contributed by atoms with Crippen LogP contribution in [0.15, 0.2) is 30.6 Å². The fourth-order valence-electron chi connectivity index (χ4n) is 2.16. The van der Waals surface area contributed by atoms with Crippen LogP contribution in [0.1, 0.15) is 24.1 Å². The van der Waals surface area contributed by atoms with Gasteiger partial charge in [0.25, 0.3) is 0 Å². The maximum atomic E-state index is 5.85. The first-order valence-electron chi connectivity index (χ1n) is 6.69. The summed E-state index contributed by atoms with van der Waals surface area (Å²) in [5, 5.41) is 0. The third kappa shape index (κ3) is 2.47. The average Bonchev–Trinajstić information content (AvgIpc) is 2.88. The van der Waals surface area contributed by atoms with E-state index in [0.717, 1.165) is 40.4 Å². The standard InChI is InChI=1S/C15H16N4O/c1-3-11-14(5-4-10(2)17-11)20-9-15-18-12-6-7-16-8-13(12)19-15/h4-8H,3,9H2,1-2H3,(H,18,19)/p+1. The van der Waals surface area contributed by atoms with Crippen molar-refractivity contribution in [1.82, 2.24) is 15.0 Å². The second kappa shape index (κ2) is 5.28. The van der Waals surface area contributed by atoms with Crippen LogP contribution >= 0.6 is 0 Å². The highest BCUT2D eigenvalue weighted by Crippen LogP contribution is 2.17. The highest BCUT2D eigenvalue weighted by molar-refractivity contribution is 5.73. The Morgan fingerprint density at radius 2 is 2.20 bits per heavy atom. The largest absolute Gasteiger partial charge is 0.479 e. The van der Waals surface area contributed by atoms with Gasteiger partial charge in [-0.25, -0.2) is 9.97 Å². The van der Waals surface area contributed by atoms with E-state index in [2.05, 4.69) is 26.9 Å². The van der Waals surface area contributed by atoms with Gasteiger partial charge in [0, 0.05) is 25.6 Å². The molecule has 0 aliphatic heterocycles. The van der Waals surface area contributed by atoms with E-state index in [1.54, 1.807) is 12.4 Å². The average molecular weight is 269 g/mol. The van der Waals surface area contributed by atoms with Crippen LogP contribution in [0.5, 0.6) is 5.75 Å². The van der Waals surface area contributed by atoms with Crippen molar-refractivity contribution in [1.29, 1.82) is 0 Å². The molecule has 0 aromatic carbocycles. The zero-order chi connectivity index (χ0) is 13.9. The Morgan fingerprint density at radius 3 is 3.00 bits per heavy atom. The molecule has 5 nitrogen and oxygen atoms in total. The Kier molecular flexibility index (Phi) is 3.33. The fourth-order valence-corrected chi connectivity index (χ4v) is 2.16. The van der Waals surface area contributed by atoms with Gasteiger partial charge < -0.3 is 9.72 Å². The number of pyridine rings is 2. The molecule has 0 saturated heterocycles. The minimum atomic E-state index is 0.415. The number of aromatic nitrogens is 4. The summed E-state index contributed by atoms with van der Waals surface area (Å²) in [4.78, 5) is 15.1. The molecule has 0 amide bonds. The van der Waals surface area contributed by atoms with Gasteiger partial charge in [0.05, 0.1) is 17.2 Å². The molecular weight excluding hydrogens is 252 g/mol. The fraction of sp³-hybridized carbons (Fsp3) is 0.267. The SMILES string of the molecule is CCc1[nH+]c(C)ccc1OCc1nc2ccncc2[nH]1. The zero-order valence-electron chi connectivity index (χ0n) is 11.6. The molecule has 0 fully saturated rings. The number of fused-ring (bicyclic) bond motifs is 1. The number of imidazole rings is 1. The summed E-state index contributed by atoms with van der Waals surface area (Å²) in [6.07, 6.45) is 4.40. The second-order valence-electron chi connectivity index (χ2n) is 4.70. The minimum absolute atomic E-state index is 0.415. The third-order valence-corrected chi connectivity index (χ3v) is 3.18. The van der Waals surface area contributed by atoms with E-state index < -0.39 is 0 Å². The number of aryl methyl sites for hydroxylation is 2. The molecule has 5 heteroatoms. The van der Waals surface area contributed by atoms with Crippen molar-refractivity contribution in [3.8, 4) is 5.75 Å². The number of ether oxygens (including phenoxy) is 1. The lowest BCUT2D eigenvalue weighted by atomic mass is 10.2. The molecule has 0 radical (unpaired) electrons. The molecule has 0 bridgehead atoms. The smallest absolute Gasteiger partial charge is 0.221 e. The van der Waals surface area contributed by atoms with E-state index in [-0.39, 0.29) is 0 Å². The molecule has 0 atom stereocenters. The minimum Gasteiger partial charge on any atom is -0.479 e. The monoisotopic (exact) mass is 269 g/mol. The predicted octanol–water partition coefficient (Wildman–Crippen LogP) is 2.22. The summed E-state index contributed by atoms with van der Waals surface area (Å²) >= 11 is 0. The predicted molar refractivity (Wildman–Crippen MR) is 75.3 cm³/mol. The highest BCUT2D eigenvalue weighted by Gasteiger charge is 2.11. The normalized spacial score (nSPS) is 10.9. The lowest BCUT2D eigenvalue weighted by Crippen LogP contribution is -2.16. The van der Waals surface area contributed by atoms with Crippen molar-refractivity contribution in [3.63, 3.8) is 0 Å². The van der Waals surface area contributed by atoms with E-state index in [0.29, 0.717) is 6.61 Å². The van der Waals surface area contributed by atoms with Crippen LogP contribution in [0.3, 0.4) is 0 Å². The van der Waals surface area contributed by atoms with Gasteiger partial charge in [-0.15, -0.1) is 0 Å². The van der Waals surface area contributed by atoms with E-state index in [4.69, 9.17) is 4.74 Å². The van der Waals surface area contributed by atoms with Gasteiger partial charge in [-0.3, -0.25) is 4.98 Å². The molecule has 20 heavy (non-hydrogen) atoms. The van der Waals surface area contributed by atoms with Crippen LogP contribution in [0, 0.1) is 6.92 Å². The van der Waals surface area contributed by atoms with E-state index >= 15 is 0 Å². The number of H-pyrrole nitrogens is 2. The number of nitrogens with zero attached hydrogens (tertiary/aromatic N) is 2. The molecule has 102 valence electrons. The number of nitrogens with one attached hydrogen (secondary N) is 2. The van der Waals surface area contributed by atoms with Gasteiger partial charge in [0.15, 0.2) is 11.4 Å². The van der Waals surface area contributed by atoms with Gasteiger partial charge in [-0.2, -0.15) is 0 Å². The molecule has 0 unspecified atom stereocenters. The lowest BCUT2D eigenvalue weighted by Gasteiger charge is -2.05. The van der Waals surface area contributed by atoms with Crippen molar-refractivity contribution in [2.24, 2.45) is 0 Å². The van der Waals surface area contributed by atoms with Crippen molar-refractivity contribution < 1.29 is 9.72 Å². The van der Waals surface area contributed by atoms with Crippen LogP contribution in [-0.2, 0) is 13.0 Å². The molecule has 0 aliphatic rings. The number of hydrogen-bond donors (Lipinski definition) is 1. The summed E-state index contributed by atoms with van der Waals surface area (Å²) in [5.74, 6) is 1.67. The lowest BCUT2D eigenvalue weighted by molar-refractivity contribution is -0.400. The topological polar surface area (TPSA) is 64.9 Å². The van der Waals surface area contributed by atoms with Gasteiger partial charge >= 0.3 is 0 Å². The molecule has 3 rings (SSSR count). The van der Waals surface area contributed by atoms with Gasteiger partial charge in [0.2, 0.25) is 5.69 Å². The summed E-state index contributed by atoms with van der Waals surface area (Å²) in [6.45, 7) is 4.55. The van der Waals surface area contributed by atoms with Gasteiger partial charge in [-0.05, 0) is 12.1 Å². The number of hydrogen-bond acceptors (Lipinski definition) is 3. The zero-order valence-corrected chi connectivity index (χ0v) is 11.6. The molecular formula is C15H17N4O+. The van der Waals surface area contributed by atoms with Crippen LogP contribution in [-0.4, -0.2) is 15.0 Å². The van der Waals surface area contributed by atoms with E-state index in [1.807, 2.05) is 25.1 Å². The Balaban J connectivity index is 1.79. The first-order chi connectivity index (χ1) is 9.76. The summed E-state index contributed by atoms with van der Waals surface area (Å²) in [7, 11) is 0. The van der Waals surface area contributed by atoms with E-state index in [1.165, 1.54) is 0 Å². The number of aromatic amines is 2. The highest BCUT2D eigenvalue weighted by atomic mass is 16.5. The van der Waals surface area contributed by atoms with E-state index in [9.17, 15) is 0 Å². The first kappa shape index (κ1) is 12.6. The van der Waals surface area contributed by atoms with Crippen molar-refractivity contribution in [3.05, 3.63) is 47.8 Å². The molecule has 0 saturated carbocycles. The molecule has 3 aromatic rings. The summed E-state index contributed by atoms with van der Waals surface area (Å²) < 4.78 is 5.85. The molecule has 2 N–H and O–H groups in total. The van der Waals surface area contributed by atoms with Crippen LogP contribution in [0.2, 0.25) is 0 Å². The van der Waals surface area contributed by atoms with Crippen molar-refractivity contribution in [2.45, 2.75) is 26.9 Å². The van der Waals surface area contributed by atoms with Crippen LogP contribution in [0.25, 0.3) is 11.0 Å². The van der Waals surface area contributed by atoms with Crippen molar-refractivity contribution >= 4 is 11.0 Å². The summed E-state index contributed by atoms with van der Waals surface area (Å²) in [6, 6.07) is 5.89.